The molecule has 1 rings (SSSR count). The number of amides is 1. The van der Waals surface area contributed by atoms with E-state index in [2.05, 4.69) is 22.9 Å². The van der Waals surface area contributed by atoms with Crippen molar-refractivity contribution in [3.05, 3.63) is 24.3 Å². The maximum Gasteiger partial charge on any atom is 0.221 e. The van der Waals surface area contributed by atoms with Crippen molar-refractivity contribution >= 4 is 17.3 Å². The summed E-state index contributed by atoms with van der Waals surface area (Å²) in [6, 6.07) is 8.09. The van der Waals surface area contributed by atoms with Crippen molar-refractivity contribution in [2.75, 3.05) is 24.2 Å². The minimum absolute atomic E-state index is 0.0549. The molecule has 88 valence electrons. The van der Waals surface area contributed by atoms with E-state index >= 15 is 0 Å². The average Bonchev–Trinajstić information content (AvgIpc) is 2.25. The summed E-state index contributed by atoms with van der Waals surface area (Å²) < 4.78 is 0. The first-order valence-electron chi connectivity index (χ1n) is 5.40. The first kappa shape index (κ1) is 12.5. The number of likely N-dealkylation sites (N-methyl/N-ethyl adjacent to an activating group) is 1. The van der Waals surface area contributed by atoms with Crippen LogP contribution in [-0.4, -0.2) is 25.5 Å². The Balaban J connectivity index is 2.56. The van der Waals surface area contributed by atoms with E-state index in [1.54, 1.807) is 0 Å². The van der Waals surface area contributed by atoms with Gasteiger partial charge in [-0.25, -0.2) is 0 Å². The molecule has 0 saturated heterocycles. The highest BCUT2D eigenvalue weighted by atomic mass is 16.1. The molecule has 1 unspecified atom stereocenters. The van der Waals surface area contributed by atoms with Gasteiger partial charge in [-0.2, -0.15) is 0 Å². The Kier molecular flexibility index (Phi) is 4.79. The summed E-state index contributed by atoms with van der Waals surface area (Å²) in [6.07, 6.45) is 0. The van der Waals surface area contributed by atoms with Gasteiger partial charge in [0.2, 0.25) is 5.91 Å². The fourth-order valence-electron chi connectivity index (χ4n) is 1.28. The maximum absolute atomic E-state index is 10.9. The topological polar surface area (TPSA) is 53.2 Å². The number of carbonyl (C=O) groups is 1. The van der Waals surface area contributed by atoms with Crippen LogP contribution < -0.4 is 16.0 Å². The molecule has 0 aliphatic carbocycles. The lowest BCUT2D eigenvalue weighted by molar-refractivity contribution is -0.114. The highest BCUT2D eigenvalue weighted by Gasteiger charge is 1.99. The summed E-state index contributed by atoms with van der Waals surface area (Å²) in [7, 11) is 1.93. The van der Waals surface area contributed by atoms with Crippen LogP contribution >= 0.6 is 0 Å². The van der Waals surface area contributed by atoms with Crippen LogP contribution in [0.3, 0.4) is 0 Å². The van der Waals surface area contributed by atoms with E-state index in [1.807, 2.05) is 31.3 Å². The summed E-state index contributed by atoms with van der Waals surface area (Å²) >= 11 is 0. The van der Waals surface area contributed by atoms with E-state index in [1.165, 1.54) is 6.92 Å². The lowest BCUT2D eigenvalue weighted by atomic mass is 10.2. The molecule has 0 spiro atoms. The van der Waals surface area contributed by atoms with Gasteiger partial charge in [0.15, 0.2) is 0 Å². The largest absolute Gasteiger partial charge is 0.383 e. The lowest BCUT2D eigenvalue weighted by Gasteiger charge is -2.13. The number of anilines is 2. The van der Waals surface area contributed by atoms with Crippen LogP contribution in [-0.2, 0) is 4.79 Å². The molecular weight excluding hydrogens is 202 g/mol. The van der Waals surface area contributed by atoms with Crippen LogP contribution in [0.4, 0.5) is 11.4 Å². The summed E-state index contributed by atoms with van der Waals surface area (Å²) in [5.74, 6) is -0.0549. The first-order chi connectivity index (χ1) is 7.61. The molecule has 0 aromatic heterocycles. The van der Waals surface area contributed by atoms with Gasteiger partial charge in [0.25, 0.3) is 0 Å². The quantitative estimate of drug-likeness (QED) is 0.709. The van der Waals surface area contributed by atoms with Crippen molar-refractivity contribution in [1.29, 1.82) is 0 Å². The molecule has 0 radical (unpaired) electrons. The van der Waals surface area contributed by atoms with Crippen LogP contribution in [0.1, 0.15) is 13.8 Å². The van der Waals surface area contributed by atoms with Crippen molar-refractivity contribution in [2.45, 2.75) is 19.9 Å². The average molecular weight is 221 g/mol. The first-order valence-corrected chi connectivity index (χ1v) is 5.40. The number of benzene rings is 1. The number of nitrogens with one attached hydrogen (secondary N) is 3. The highest BCUT2D eigenvalue weighted by molar-refractivity contribution is 5.89. The maximum atomic E-state index is 10.9. The van der Waals surface area contributed by atoms with E-state index < -0.39 is 0 Å². The molecule has 0 bridgehead atoms. The predicted octanol–water partition coefficient (Wildman–Crippen LogP) is 1.66. The molecule has 16 heavy (non-hydrogen) atoms. The predicted molar refractivity (Wildman–Crippen MR) is 67.8 cm³/mol. The van der Waals surface area contributed by atoms with Crippen LogP contribution in [0.25, 0.3) is 0 Å². The lowest BCUT2D eigenvalue weighted by Crippen LogP contribution is -2.29. The number of hydrogen-bond donors (Lipinski definition) is 3. The van der Waals surface area contributed by atoms with Gasteiger partial charge in [0.1, 0.15) is 0 Å². The fraction of sp³-hybridized carbons (Fsp3) is 0.417. The van der Waals surface area contributed by atoms with Gasteiger partial charge in [-0.3, -0.25) is 4.79 Å². The third-order valence-corrected chi connectivity index (χ3v) is 2.29. The van der Waals surface area contributed by atoms with Crippen molar-refractivity contribution in [3.8, 4) is 0 Å². The Hall–Kier alpha value is -1.55. The molecule has 0 aliphatic rings. The molecule has 4 nitrogen and oxygen atoms in total. The molecule has 1 aromatic carbocycles. The molecule has 3 N–H and O–H groups in total. The van der Waals surface area contributed by atoms with Crippen molar-refractivity contribution in [2.24, 2.45) is 0 Å². The molecule has 1 amide bonds. The molecular formula is C12H19N3O. The van der Waals surface area contributed by atoms with Gasteiger partial charge in [0, 0.05) is 30.9 Å². The Morgan fingerprint density at radius 1 is 1.38 bits per heavy atom. The second-order valence-corrected chi connectivity index (χ2v) is 3.83. The second-order valence-electron chi connectivity index (χ2n) is 3.83. The molecule has 4 heteroatoms. The molecule has 0 fully saturated rings. The Bertz CT molecular complexity index is 352. The third-order valence-electron chi connectivity index (χ3n) is 2.29. The van der Waals surface area contributed by atoms with E-state index in [-0.39, 0.29) is 5.91 Å². The summed E-state index contributed by atoms with van der Waals surface area (Å²) in [5.41, 5.74) is 1.82. The molecule has 0 aliphatic heterocycles. The number of carbonyl (C=O) groups excluding carboxylic acids is 1. The van der Waals surface area contributed by atoms with Gasteiger partial charge in [-0.05, 0) is 32.2 Å². The van der Waals surface area contributed by atoms with Crippen molar-refractivity contribution in [3.63, 3.8) is 0 Å². The number of rotatable bonds is 5. The zero-order valence-electron chi connectivity index (χ0n) is 10.0. The fourth-order valence-corrected chi connectivity index (χ4v) is 1.28. The van der Waals surface area contributed by atoms with Crippen LogP contribution in [0.5, 0.6) is 0 Å². The van der Waals surface area contributed by atoms with Gasteiger partial charge in [0.05, 0.1) is 0 Å². The van der Waals surface area contributed by atoms with Crippen molar-refractivity contribution < 1.29 is 4.79 Å². The van der Waals surface area contributed by atoms with E-state index in [9.17, 15) is 4.79 Å². The van der Waals surface area contributed by atoms with E-state index in [0.717, 1.165) is 17.9 Å². The standard InChI is InChI=1S/C12H19N3O/c1-9(13-3)8-14-11-5-4-6-12(7-11)15-10(2)16/h4-7,9,13-14H,8H2,1-3H3,(H,15,16). The zero-order valence-corrected chi connectivity index (χ0v) is 10.0. The second kappa shape index (κ2) is 6.12. The van der Waals surface area contributed by atoms with Gasteiger partial charge >= 0.3 is 0 Å². The molecule has 0 saturated carbocycles. The Morgan fingerprint density at radius 3 is 2.69 bits per heavy atom. The summed E-state index contributed by atoms with van der Waals surface area (Å²) in [4.78, 5) is 10.9. The minimum Gasteiger partial charge on any atom is -0.383 e. The summed E-state index contributed by atoms with van der Waals surface area (Å²) in [5, 5.41) is 9.20. The normalized spacial score (nSPS) is 11.9. The minimum atomic E-state index is -0.0549. The van der Waals surface area contributed by atoms with Gasteiger partial charge in [-0.15, -0.1) is 0 Å². The van der Waals surface area contributed by atoms with Gasteiger partial charge in [-0.1, -0.05) is 6.07 Å². The van der Waals surface area contributed by atoms with Crippen LogP contribution in [0, 0.1) is 0 Å². The van der Waals surface area contributed by atoms with Crippen LogP contribution in [0.15, 0.2) is 24.3 Å². The monoisotopic (exact) mass is 221 g/mol. The van der Waals surface area contributed by atoms with Crippen LogP contribution in [0.2, 0.25) is 0 Å². The molecule has 0 heterocycles. The van der Waals surface area contributed by atoms with Crippen molar-refractivity contribution in [1.82, 2.24) is 5.32 Å². The molecule has 1 atom stereocenters. The summed E-state index contributed by atoms with van der Waals surface area (Å²) in [6.45, 7) is 4.45. The molecule has 1 aromatic rings. The highest BCUT2D eigenvalue weighted by Crippen LogP contribution is 2.14. The SMILES string of the molecule is CNC(C)CNc1cccc(NC(C)=O)c1. The van der Waals surface area contributed by atoms with Gasteiger partial charge < -0.3 is 16.0 Å². The Labute approximate surface area is 96.4 Å². The Morgan fingerprint density at radius 2 is 2.06 bits per heavy atom. The third kappa shape index (κ3) is 4.31. The number of hydrogen-bond acceptors (Lipinski definition) is 3. The van der Waals surface area contributed by atoms with E-state index in [0.29, 0.717) is 6.04 Å². The zero-order chi connectivity index (χ0) is 12.0. The smallest absolute Gasteiger partial charge is 0.221 e. The van der Waals surface area contributed by atoms with E-state index in [4.69, 9.17) is 0 Å².